The predicted octanol–water partition coefficient (Wildman–Crippen LogP) is 1.82. The number of allylic oxidation sites excluding steroid dienone is 1. The highest BCUT2D eigenvalue weighted by Crippen LogP contribution is 1.99. The molecule has 0 aliphatic heterocycles. The molecule has 0 unspecified atom stereocenters. The largest absolute Gasteiger partial charge is 0.383 e. The van der Waals surface area contributed by atoms with Crippen LogP contribution >= 0.6 is 0 Å². The molecule has 0 aromatic carbocycles. The van der Waals surface area contributed by atoms with Crippen LogP contribution in [0.25, 0.3) is 0 Å². The minimum Gasteiger partial charge on any atom is -0.383 e. The monoisotopic (exact) mass is 171 g/mol. The first-order valence-corrected chi connectivity index (χ1v) is 4.53. The third-order valence-electron chi connectivity index (χ3n) is 1.50. The minimum atomic E-state index is 0.647. The SMILES string of the molecule is COCCNCC(C)=CC(C)C. The molecule has 0 spiro atoms. The van der Waals surface area contributed by atoms with Crippen LogP contribution in [0.15, 0.2) is 11.6 Å². The van der Waals surface area contributed by atoms with Crippen molar-refractivity contribution in [2.24, 2.45) is 5.92 Å². The molecule has 0 saturated heterocycles. The smallest absolute Gasteiger partial charge is 0.0587 e. The Morgan fingerprint density at radius 1 is 1.50 bits per heavy atom. The summed E-state index contributed by atoms with van der Waals surface area (Å²) in [5.74, 6) is 0.647. The minimum absolute atomic E-state index is 0.647. The number of rotatable bonds is 6. The molecule has 1 N–H and O–H groups in total. The Balaban J connectivity index is 3.37. The van der Waals surface area contributed by atoms with E-state index in [4.69, 9.17) is 4.74 Å². The lowest BCUT2D eigenvalue weighted by Crippen LogP contribution is -2.21. The van der Waals surface area contributed by atoms with Crippen molar-refractivity contribution in [3.8, 4) is 0 Å². The third kappa shape index (κ3) is 7.76. The molecule has 0 radical (unpaired) electrons. The fraction of sp³-hybridized carbons (Fsp3) is 0.800. The zero-order valence-corrected chi connectivity index (χ0v) is 8.68. The van der Waals surface area contributed by atoms with E-state index >= 15 is 0 Å². The molecule has 0 aromatic rings. The Morgan fingerprint density at radius 3 is 2.67 bits per heavy atom. The highest BCUT2D eigenvalue weighted by Gasteiger charge is 1.91. The zero-order valence-electron chi connectivity index (χ0n) is 8.68. The van der Waals surface area contributed by atoms with Crippen molar-refractivity contribution in [3.63, 3.8) is 0 Å². The lowest BCUT2D eigenvalue weighted by Gasteiger charge is -2.05. The first kappa shape index (κ1) is 11.7. The summed E-state index contributed by atoms with van der Waals surface area (Å²) in [4.78, 5) is 0. The summed E-state index contributed by atoms with van der Waals surface area (Å²) in [6, 6.07) is 0. The predicted molar refractivity (Wildman–Crippen MR) is 53.3 cm³/mol. The van der Waals surface area contributed by atoms with E-state index < -0.39 is 0 Å². The second-order valence-electron chi connectivity index (χ2n) is 3.43. The summed E-state index contributed by atoms with van der Waals surface area (Å²) >= 11 is 0. The second-order valence-corrected chi connectivity index (χ2v) is 3.43. The molecule has 0 fully saturated rings. The van der Waals surface area contributed by atoms with E-state index in [-0.39, 0.29) is 0 Å². The van der Waals surface area contributed by atoms with Crippen molar-refractivity contribution >= 4 is 0 Å². The molecular formula is C10H21NO. The lowest BCUT2D eigenvalue weighted by molar-refractivity contribution is 0.200. The van der Waals surface area contributed by atoms with E-state index in [0.29, 0.717) is 5.92 Å². The van der Waals surface area contributed by atoms with Crippen molar-refractivity contribution in [2.45, 2.75) is 20.8 Å². The highest BCUT2D eigenvalue weighted by molar-refractivity contribution is 5.01. The van der Waals surface area contributed by atoms with Crippen LogP contribution in [0.4, 0.5) is 0 Å². The van der Waals surface area contributed by atoms with Gasteiger partial charge in [-0.2, -0.15) is 0 Å². The van der Waals surface area contributed by atoms with Gasteiger partial charge in [0.15, 0.2) is 0 Å². The van der Waals surface area contributed by atoms with Crippen molar-refractivity contribution < 1.29 is 4.74 Å². The average Bonchev–Trinajstić information content (AvgIpc) is 1.97. The van der Waals surface area contributed by atoms with Gasteiger partial charge in [0.1, 0.15) is 0 Å². The van der Waals surface area contributed by atoms with Crippen molar-refractivity contribution in [1.82, 2.24) is 5.32 Å². The Bertz CT molecular complexity index is 130. The summed E-state index contributed by atoms with van der Waals surface area (Å²) < 4.78 is 4.92. The summed E-state index contributed by atoms with van der Waals surface area (Å²) in [6.45, 7) is 9.23. The molecule has 2 nitrogen and oxygen atoms in total. The van der Waals surface area contributed by atoms with Gasteiger partial charge in [0.2, 0.25) is 0 Å². The molecule has 0 aliphatic carbocycles. The molecule has 12 heavy (non-hydrogen) atoms. The number of hydrogen-bond acceptors (Lipinski definition) is 2. The molecule has 72 valence electrons. The molecule has 2 heteroatoms. The topological polar surface area (TPSA) is 21.3 Å². The van der Waals surface area contributed by atoms with Crippen LogP contribution in [0.2, 0.25) is 0 Å². The molecule has 0 aromatic heterocycles. The maximum Gasteiger partial charge on any atom is 0.0587 e. The third-order valence-corrected chi connectivity index (χ3v) is 1.50. The van der Waals surface area contributed by atoms with E-state index in [9.17, 15) is 0 Å². The van der Waals surface area contributed by atoms with Gasteiger partial charge in [-0.1, -0.05) is 25.5 Å². The molecule has 0 bridgehead atoms. The van der Waals surface area contributed by atoms with Gasteiger partial charge in [0.25, 0.3) is 0 Å². The Kier molecular flexibility index (Phi) is 7.11. The Morgan fingerprint density at radius 2 is 2.17 bits per heavy atom. The number of methoxy groups -OCH3 is 1. The molecule has 0 heterocycles. The normalized spacial score (nSPS) is 12.6. The summed E-state index contributed by atoms with van der Waals surface area (Å²) in [6.07, 6.45) is 2.28. The standard InChI is InChI=1S/C10H21NO/c1-9(2)7-10(3)8-11-5-6-12-4/h7,9,11H,5-6,8H2,1-4H3. The first-order chi connectivity index (χ1) is 5.66. The van der Waals surface area contributed by atoms with Crippen LogP contribution in [0.1, 0.15) is 20.8 Å². The van der Waals surface area contributed by atoms with E-state index in [0.717, 1.165) is 19.7 Å². The average molecular weight is 171 g/mol. The van der Waals surface area contributed by atoms with Gasteiger partial charge < -0.3 is 10.1 Å². The van der Waals surface area contributed by atoms with Gasteiger partial charge in [-0.25, -0.2) is 0 Å². The fourth-order valence-electron chi connectivity index (χ4n) is 1.09. The van der Waals surface area contributed by atoms with Crippen LogP contribution in [-0.2, 0) is 4.74 Å². The summed E-state index contributed by atoms with van der Waals surface area (Å²) in [7, 11) is 1.72. The Hall–Kier alpha value is -0.340. The van der Waals surface area contributed by atoms with Crippen LogP contribution in [0, 0.1) is 5.92 Å². The molecule has 0 saturated carbocycles. The Labute approximate surface area is 76.0 Å². The number of hydrogen-bond donors (Lipinski definition) is 1. The molecule has 0 amide bonds. The lowest BCUT2D eigenvalue weighted by atomic mass is 10.1. The van der Waals surface area contributed by atoms with E-state index in [2.05, 4.69) is 32.2 Å². The van der Waals surface area contributed by atoms with Crippen LogP contribution in [-0.4, -0.2) is 26.8 Å². The maximum atomic E-state index is 4.92. The van der Waals surface area contributed by atoms with Crippen LogP contribution in [0.3, 0.4) is 0 Å². The van der Waals surface area contributed by atoms with Crippen molar-refractivity contribution in [3.05, 3.63) is 11.6 Å². The van der Waals surface area contributed by atoms with Gasteiger partial charge in [-0.15, -0.1) is 0 Å². The molecule has 0 atom stereocenters. The highest BCUT2D eigenvalue weighted by atomic mass is 16.5. The fourth-order valence-corrected chi connectivity index (χ4v) is 1.09. The summed E-state index contributed by atoms with van der Waals surface area (Å²) in [5.41, 5.74) is 1.40. The second kappa shape index (κ2) is 7.32. The number of nitrogens with one attached hydrogen (secondary N) is 1. The van der Waals surface area contributed by atoms with E-state index in [1.165, 1.54) is 5.57 Å². The van der Waals surface area contributed by atoms with Crippen LogP contribution < -0.4 is 5.32 Å². The summed E-state index contributed by atoms with van der Waals surface area (Å²) in [5, 5.41) is 3.30. The quantitative estimate of drug-likeness (QED) is 0.486. The molecular weight excluding hydrogens is 150 g/mol. The van der Waals surface area contributed by atoms with E-state index in [1.54, 1.807) is 7.11 Å². The van der Waals surface area contributed by atoms with Gasteiger partial charge in [0.05, 0.1) is 6.61 Å². The molecule has 0 rings (SSSR count). The van der Waals surface area contributed by atoms with Gasteiger partial charge in [-0.05, 0) is 12.8 Å². The van der Waals surface area contributed by atoms with Crippen molar-refractivity contribution in [2.75, 3.05) is 26.8 Å². The van der Waals surface area contributed by atoms with Crippen molar-refractivity contribution in [1.29, 1.82) is 0 Å². The first-order valence-electron chi connectivity index (χ1n) is 4.53. The van der Waals surface area contributed by atoms with Gasteiger partial charge in [0, 0.05) is 20.2 Å². The zero-order chi connectivity index (χ0) is 9.40. The van der Waals surface area contributed by atoms with Gasteiger partial charge >= 0.3 is 0 Å². The number of ether oxygens (including phenoxy) is 1. The maximum absolute atomic E-state index is 4.92. The van der Waals surface area contributed by atoms with E-state index in [1.807, 2.05) is 0 Å². The van der Waals surface area contributed by atoms with Crippen LogP contribution in [0.5, 0.6) is 0 Å². The molecule has 0 aliphatic rings. The van der Waals surface area contributed by atoms with Gasteiger partial charge in [-0.3, -0.25) is 0 Å².